The van der Waals surface area contributed by atoms with E-state index < -0.39 is 97.5 Å². The number of ether oxygens (including phenoxy) is 4. The molecule has 0 aromatic heterocycles. The van der Waals surface area contributed by atoms with Crippen molar-refractivity contribution in [3.8, 4) is 0 Å². The predicted molar refractivity (Wildman–Crippen MR) is 399 cm³/mol. The third-order valence-electron chi connectivity index (χ3n) is 14.5. The molecule has 556 valence electrons. The molecule has 0 bridgehead atoms. The van der Waals surface area contributed by atoms with Gasteiger partial charge in [-0.25, -0.2) is 9.13 Å². The van der Waals surface area contributed by atoms with E-state index in [9.17, 15) is 43.2 Å². The van der Waals surface area contributed by atoms with Gasteiger partial charge < -0.3 is 33.8 Å². The number of rotatable bonds is 67. The molecule has 17 nitrogen and oxygen atoms in total. The van der Waals surface area contributed by atoms with Gasteiger partial charge in [-0.1, -0.05) is 243 Å². The standard InChI is InChI=1S/C79H128O17P2/c1-5-9-13-17-21-25-29-32-34-35-36-37-39-41-45-48-52-56-60-64-77(82)90-70-75(96-79(84)66-62-58-54-50-46-42-38-33-30-26-22-18-14-10-6-2)72-94-98(87,88)92-68-73(80)67-91-97(85,86)93-71-74(95-78(83)65-61-57-53-49-43-28-24-20-16-12-8-4)69-89-76(81)63-59-55-51-47-44-40-31-27-23-19-15-11-7-3/h9-10,13-15,19-22,24-27,31-34,36-38,41,45-46,50,52,56,73-75,80H,5-8,11-12,16-18,23,28-30,35,39-40,42-44,47-49,51,53-55,57-72H2,1-4H3,(H,85,86)(H,87,88)/b13-9-,14-10-,19-15-,24-20-,25-21-,26-22-,31-27-,34-32-,37-36-,38-33-,45-41-,50-46-,56-52-. The molecule has 19 heteroatoms. The first kappa shape index (κ1) is 92.7. The SMILES string of the molecule is CC/C=C\C/C=C\C/C=C\C/C=C\C/C=C\C/C=C\CCC(=O)OCC(COP(=O)(O)OCC(O)COP(=O)(O)OCC(COC(=O)CCCCCCC/C=C\C/C=C\CCC)OC(=O)CCCCCCC/C=C\CCCC)OC(=O)CCCC/C=C\C/C=C\C/C=C\C/C=C\CC. The molecule has 98 heavy (non-hydrogen) atoms. The highest BCUT2D eigenvalue weighted by molar-refractivity contribution is 7.47. The van der Waals surface area contributed by atoms with Crippen molar-refractivity contribution < 1.29 is 80.2 Å². The highest BCUT2D eigenvalue weighted by Gasteiger charge is 2.30. The molecule has 5 unspecified atom stereocenters. The van der Waals surface area contributed by atoms with E-state index in [1.807, 2.05) is 24.3 Å². The Kier molecular flexibility index (Phi) is 66.3. The number of esters is 4. The Bertz CT molecular complexity index is 2480. The molecule has 3 N–H and O–H groups in total. The van der Waals surface area contributed by atoms with Gasteiger partial charge in [-0.2, -0.15) is 0 Å². The van der Waals surface area contributed by atoms with Crippen molar-refractivity contribution in [2.45, 2.75) is 277 Å². The number of carbonyl (C=O) groups is 4. The molecular formula is C79H128O17P2. The van der Waals surface area contributed by atoms with Crippen LogP contribution in [0.25, 0.3) is 0 Å². The van der Waals surface area contributed by atoms with Crippen LogP contribution < -0.4 is 0 Å². The van der Waals surface area contributed by atoms with Gasteiger partial charge in [-0.3, -0.25) is 37.3 Å². The van der Waals surface area contributed by atoms with Crippen LogP contribution in [-0.4, -0.2) is 96.7 Å². The molecule has 0 aliphatic carbocycles. The normalized spacial score (nSPS) is 14.9. The third-order valence-corrected chi connectivity index (χ3v) is 16.4. The van der Waals surface area contributed by atoms with Gasteiger partial charge in [-0.05, 0) is 148 Å². The molecule has 0 rings (SSSR count). The average molecular weight is 1410 g/mol. The Morgan fingerprint density at radius 2 is 0.571 bits per heavy atom. The fraction of sp³-hybridized carbons (Fsp3) is 0.620. The lowest BCUT2D eigenvalue weighted by atomic mass is 10.1. The summed E-state index contributed by atoms with van der Waals surface area (Å²) in [5.74, 6) is -2.36. The van der Waals surface area contributed by atoms with Crippen molar-refractivity contribution in [2.75, 3.05) is 39.6 Å². The summed E-state index contributed by atoms with van der Waals surface area (Å²) < 4.78 is 68.2. The van der Waals surface area contributed by atoms with Gasteiger partial charge in [0.15, 0.2) is 12.2 Å². The summed E-state index contributed by atoms with van der Waals surface area (Å²) in [7, 11) is -9.99. The van der Waals surface area contributed by atoms with Crippen LogP contribution in [0.15, 0.2) is 158 Å². The highest BCUT2D eigenvalue weighted by atomic mass is 31.2. The van der Waals surface area contributed by atoms with E-state index in [-0.39, 0.29) is 25.7 Å². The highest BCUT2D eigenvalue weighted by Crippen LogP contribution is 2.45. The number of hydrogen-bond acceptors (Lipinski definition) is 15. The first-order valence-corrected chi connectivity index (χ1v) is 39.7. The number of aliphatic hydroxyl groups is 1. The summed E-state index contributed by atoms with van der Waals surface area (Å²) in [4.78, 5) is 72.7. The smallest absolute Gasteiger partial charge is 0.462 e. The van der Waals surface area contributed by atoms with E-state index in [1.54, 1.807) is 0 Å². The fourth-order valence-corrected chi connectivity index (χ4v) is 10.5. The topological polar surface area (TPSA) is 237 Å². The summed E-state index contributed by atoms with van der Waals surface area (Å²) in [6.07, 6.45) is 79.9. The minimum atomic E-state index is -5.01. The average Bonchev–Trinajstić information content (AvgIpc) is 0.992. The lowest BCUT2D eigenvalue weighted by Gasteiger charge is -2.21. The van der Waals surface area contributed by atoms with Gasteiger partial charge in [-0.15, -0.1) is 0 Å². The second kappa shape index (κ2) is 70.1. The maximum Gasteiger partial charge on any atom is 0.472 e. The molecule has 0 saturated heterocycles. The van der Waals surface area contributed by atoms with E-state index in [4.69, 9.17) is 37.0 Å². The zero-order valence-electron chi connectivity index (χ0n) is 60.4. The van der Waals surface area contributed by atoms with E-state index >= 15 is 0 Å². The molecule has 0 aromatic rings. The van der Waals surface area contributed by atoms with Crippen LogP contribution in [0.1, 0.15) is 259 Å². The van der Waals surface area contributed by atoms with E-state index in [2.05, 4.69) is 161 Å². The fourth-order valence-electron chi connectivity index (χ4n) is 8.90. The van der Waals surface area contributed by atoms with Crippen LogP contribution in [0.2, 0.25) is 0 Å². The summed E-state index contributed by atoms with van der Waals surface area (Å²) in [5, 5.41) is 10.6. The number of aliphatic hydroxyl groups excluding tert-OH is 1. The van der Waals surface area contributed by atoms with Gasteiger partial charge in [0.2, 0.25) is 0 Å². The van der Waals surface area contributed by atoms with Crippen LogP contribution in [0, 0.1) is 0 Å². The van der Waals surface area contributed by atoms with Crippen LogP contribution in [0.3, 0.4) is 0 Å². The molecule has 0 aliphatic rings. The molecule has 0 spiro atoms. The van der Waals surface area contributed by atoms with Crippen molar-refractivity contribution in [3.05, 3.63) is 158 Å². The first-order valence-electron chi connectivity index (χ1n) is 36.7. The Morgan fingerprint density at radius 3 is 0.949 bits per heavy atom. The number of unbranched alkanes of at least 4 members (excludes halogenated alkanes) is 15. The first-order chi connectivity index (χ1) is 47.7. The molecule has 0 saturated carbocycles. The zero-order valence-corrected chi connectivity index (χ0v) is 62.2. The van der Waals surface area contributed by atoms with Gasteiger partial charge in [0.25, 0.3) is 0 Å². The minimum absolute atomic E-state index is 0.0208. The lowest BCUT2D eigenvalue weighted by Crippen LogP contribution is -2.30. The Hall–Kier alpha value is -5.32. The van der Waals surface area contributed by atoms with Gasteiger partial charge in [0, 0.05) is 25.7 Å². The Labute approximate surface area is 591 Å². The summed E-state index contributed by atoms with van der Waals surface area (Å²) >= 11 is 0. The molecule has 0 aromatic carbocycles. The Morgan fingerprint density at radius 1 is 0.296 bits per heavy atom. The van der Waals surface area contributed by atoms with Crippen LogP contribution in [0.5, 0.6) is 0 Å². The largest absolute Gasteiger partial charge is 0.472 e. The van der Waals surface area contributed by atoms with Crippen molar-refractivity contribution in [2.24, 2.45) is 0 Å². The van der Waals surface area contributed by atoms with Crippen LogP contribution in [0.4, 0.5) is 0 Å². The van der Waals surface area contributed by atoms with Crippen LogP contribution >= 0.6 is 15.6 Å². The molecule has 0 aliphatic heterocycles. The summed E-state index contributed by atoms with van der Waals surface area (Å²) in [6.45, 7) is 4.34. The molecule has 0 radical (unpaired) electrons. The maximum absolute atomic E-state index is 13.1. The quantitative estimate of drug-likeness (QED) is 0.0169. The van der Waals surface area contributed by atoms with E-state index in [0.29, 0.717) is 38.5 Å². The zero-order chi connectivity index (χ0) is 71.8. The number of hydrogen-bond donors (Lipinski definition) is 3. The molecular weight excluding hydrogens is 1280 g/mol. The number of phosphoric ester groups is 2. The monoisotopic (exact) mass is 1410 g/mol. The predicted octanol–water partition coefficient (Wildman–Crippen LogP) is 20.9. The van der Waals surface area contributed by atoms with E-state index in [1.165, 1.54) is 12.8 Å². The second-order valence-electron chi connectivity index (χ2n) is 23.8. The van der Waals surface area contributed by atoms with Crippen molar-refractivity contribution in [1.29, 1.82) is 0 Å². The molecule has 5 atom stereocenters. The van der Waals surface area contributed by atoms with Gasteiger partial charge in [0.1, 0.15) is 19.3 Å². The van der Waals surface area contributed by atoms with Crippen molar-refractivity contribution in [1.82, 2.24) is 0 Å². The summed E-state index contributed by atoms with van der Waals surface area (Å²) in [5.41, 5.74) is 0. The second-order valence-corrected chi connectivity index (χ2v) is 26.7. The molecule has 0 heterocycles. The van der Waals surface area contributed by atoms with Crippen molar-refractivity contribution in [3.63, 3.8) is 0 Å². The lowest BCUT2D eigenvalue weighted by molar-refractivity contribution is -0.161. The van der Waals surface area contributed by atoms with Gasteiger partial charge in [0.05, 0.1) is 26.4 Å². The summed E-state index contributed by atoms with van der Waals surface area (Å²) in [6, 6.07) is 0. The molecule has 0 fully saturated rings. The number of carbonyl (C=O) groups excluding carboxylic acids is 4. The minimum Gasteiger partial charge on any atom is -0.462 e. The third kappa shape index (κ3) is 69.2. The van der Waals surface area contributed by atoms with Crippen LogP contribution in [-0.2, 0) is 65.4 Å². The number of phosphoric acid groups is 2. The molecule has 0 amide bonds. The van der Waals surface area contributed by atoms with Crippen molar-refractivity contribution >= 4 is 39.5 Å². The maximum atomic E-state index is 13.1. The van der Waals surface area contributed by atoms with E-state index in [0.717, 1.165) is 154 Å². The number of allylic oxidation sites excluding steroid dienone is 26. The Balaban J connectivity index is 5.46. The van der Waals surface area contributed by atoms with Gasteiger partial charge >= 0.3 is 39.5 Å².